The molecule has 3 nitrogen and oxygen atoms in total. The molecule has 0 saturated carbocycles. The van der Waals surface area contributed by atoms with Gasteiger partial charge in [-0.25, -0.2) is 0 Å². The van der Waals surface area contributed by atoms with Crippen molar-refractivity contribution in [1.82, 2.24) is 0 Å². The van der Waals surface area contributed by atoms with E-state index < -0.39 is 6.10 Å². The van der Waals surface area contributed by atoms with Crippen LogP contribution in [0.1, 0.15) is 12.8 Å². The van der Waals surface area contributed by atoms with Gasteiger partial charge in [-0.05, 0) is 37.1 Å². The average Bonchev–Trinajstić information content (AvgIpc) is 2.37. The van der Waals surface area contributed by atoms with Gasteiger partial charge in [0, 0.05) is 5.02 Å². The minimum atomic E-state index is -0.714. The molecular formula is C13H15ClO3. The lowest BCUT2D eigenvalue weighted by molar-refractivity contribution is 0.0597. The number of benzene rings is 1. The van der Waals surface area contributed by atoms with Crippen LogP contribution >= 0.6 is 11.6 Å². The molecule has 1 unspecified atom stereocenters. The predicted molar refractivity (Wildman–Crippen MR) is 66.2 cm³/mol. The highest BCUT2D eigenvalue weighted by Crippen LogP contribution is 2.19. The van der Waals surface area contributed by atoms with Crippen molar-refractivity contribution in [2.24, 2.45) is 0 Å². The third kappa shape index (κ3) is 3.65. The van der Waals surface area contributed by atoms with Crippen molar-refractivity contribution in [2.45, 2.75) is 18.9 Å². The van der Waals surface area contributed by atoms with Gasteiger partial charge in [0.2, 0.25) is 0 Å². The highest BCUT2D eigenvalue weighted by Gasteiger charge is 2.15. The SMILES string of the molecule is OC(COc1cccc(Cl)c1)C1=CCCCO1. The Hall–Kier alpha value is -1.19. The van der Waals surface area contributed by atoms with Crippen molar-refractivity contribution in [3.05, 3.63) is 41.1 Å². The smallest absolute Gasteiger partial charge is 0.144 e. The molecule has 1 heterocycles. The van der Waals surface area contributed by atoms with E-state index in [4.69, 9.17) is 21.1 Å². The monoisotopic (exact) mass is 254 g/mol. The lowest BCUT2D eigenvalue weighted by Gasteiger charge is -2.20. The molecule has 0 saturated heterocycles. The summed E-state index contributed by atoms with van der Waals surface area (Å²) < 4.78 is 10.8. The van der Waals surface area contributed by atoms with Gasteiger partial charge in [0.15, 0.2) is 0 Å². The summed E-state index contributed by atoms with van der Waals surface area (Å²) >= 11 is 5.83. The molecule has 17 heavy (non-hydrogen) atoms. The fourth-order valence-electron chi connectivity index (χ4n) is 1.62. The van der Waals surface area contributed by atoms with E-state index in [-0.39, 0.29) is 6.61 Å². The number of hydrogen-bond acceptors (Lipinski definition) is 3. The molecule has 0 bridgehead atoms. The molecule has 0 aromatic heterocycles. The molecule has 1 aliphatic rings. The highest BCUT2D eigenvalue weighted by molar-refractivity contribution is 6.30. The zero-order valence-corrected chi connectivity index (χ0v) is 10.2. The normalized spacial score (nSPS) is 16.9. The quantitative estimate of drug-likeness (QED) is 0.898. The van der Waals surface area contributed by atoms with E-state index in [0.717, 1.165) is 12.8 Å². The van der Waals surface area contributed by atoms with E-state index in [2.05, 4.69) is 0 Å². The van der Waals surface area contributed by atoms with E-state index in [1.807, 2.05) is 6.08 Å². The van der Waals surface area contributed by atoms with Crippen LogP contribution in [0.2, 0.25) is 5.02 Å². The van der Waals surface area contributed by atoms with Crippen LogP contribution in [0.4, 0.5) is 0 Å². The van der Waals surface area contributed by atoms with Crippen molar-refractivity contribution in [3.8, 4) is 5.75 Å². The third-order valence-corrected chi connectivity index (χ3v) is 2.73. The summed E-state index contributed by atoms with van der Waals surface area (Å²) in [6, 6.07) is 7.09. The van der Waals surface area contributed by atoms with Crippen LogP contribution in [0.15, 0.2) is 36.1 Å². The van der Waals surface area contributed by atoms with E-state index >= 15 is 0 Å². The first-order valence-corrected chi connectivity index (χ1v) is 6.03. The van der Waals surface area contributed by atoms with E-state index in [0.29, 0.717) is 23.1 Å². The molecule has 0 fully saturated rings. The number of aliphatic hydroxyl groups is 1. The zero-order chi connectivity index (χ0) is 12.1. The summed E-state index contributed by atoms with van der Waals surface area (Å²) in [5.41, 5.74) is 0. The molecular weight excluding hydrogens is 240 g/mol. The molecule has 1 atom stereocenters. The Labute approximate surface area is 106 Å². The van der Waals surface area contributed by atoms with Gasteiger partial charge in [-0.2, -0.15) is 0 Å². The summed E-state index contributed by atoms with van der Waals surface area (Å²) in [4.78, 5) is 0. The average molecular weight is 255 g/mol. The van der Waals surface area contributed by atoms with Crippen LogP contribution < -0.4 is 4.74 Å². The molecule has 1 aliphatic heterocycles. The molecule has 92 valence electrons. The van der Waals surface area contributed by atoms with Gasteiger partial charge in [0.1, 0.15) is 24.2 Å². The number of aliphatic hydroxyl groups excluding tert-OH is 1. The minimum absolute atomic E-state index is 0.173. The van der Waals surface area contributed by atoms with Crippen molar-refractivity contribution >= 4 is 11.6 Å². The molecule has 1 aromatic carbocycles. The van der Waals surface area contributed by atoms with Crippen LogP contribution in [0.3, 0.4) is 0 Å². The Kier molecular flexibility index (Phi) is 4.29. The van der Waals surface area contributed by atoms with Crippen molar-refractivity contribution < 1.29 is 14.6 Å². The maximum absolute atomic E-state index is 9.85. The van der Waals surface area contributed by atoms with Crippen LogP contribution in [0.25, 0.3) is 0 Å². The standard InChI is InChI=1S/C13H15ClO3/c14-10-4-3-5-11(8-10)17-9-12(15)13-6-1-2-7-16-13/h3-6,8,12,15H,1-2,7,9H2. The number of allylic oxidation sites excluding steroid dienone is 1. The molecule has 1 N–H and O–H groups in total. The fourth-order valence-corrected chi connectivity index (χ4v) is 1.80. The second-order valence-electron chi connectivity index (χ2n) is 3.88. The number of ether oxygens (including phenoxy) is 2. The largest absolute Gasteiger partial charge is 0.495 e. The molecule has 4 heteroatoms. The predicted octanol–water partition coefficient (Wildman–Crippen LogP) is 2.77. The van der Waals surface area contributed by atoms with Crippen LogP contribution in [-0.2, 0) is 4.74 Å². The van der Waals surface area contributed by atoms with Gasteiger partial charge < -0.3 is 14.6 Å². The Morgan fingerprint density at radius 2 is 2.35 bits per heavy atom. The molecule has 0 amide bonds. The first-order chi connectivity index (χ1) is 8.25. The van der Waals surface area contributed by atoms with Crippen molar-refractivity contribution in [2.75, 3.05) is 13.2 Å². The molecule has 0 aliphatic carbocycles. The summed E-state index contributed by atoms with van der Waals surface area (Å²) in [5, 5.41) is 10.5. The van der Waals surface area contributed by atoms with Gasteiger partial charge >= 0.3 is 0 Å². The molecule has 2 rings (SSSR count). The van der Waals surface area contributed by atoms with Crippen LogP contribution in [0.5, 0.6) is 5.75 Å². The second-order valence-corrected chi connectivity index (χ2v) is 4.32. The molecule has 0 radical (unpaired) electrons. The van der Waals surface area contributed by atoms with Crippen molar-refractivity contribution in [1.29, 1.82) is 0 Å². The van der Waals surface area contributed by atoms with E-state index in [1.54, 1.807) is 24.3 Å². The zero-order valence-electron chi connectivity index (χ0n) is 9.43. The molecule has 0 spiro atoms. The van der Waals surface area contributed by atoms with Gasteiger partial charge in [0.25, 0.3) is 0 Å². The van der Waals surface area contributed by atoms with Gasteiger partial charge in [0.05, 0.1) is 6.61 Å². The van der Waals surface area contributed by atoms with Gasteiger partial charge in [-0.1, -0.05) is 17.7 Å². The first-order valence-electron chi connectivity index (χ1n) is 5.65. The van der Waals surface area contributed by atoms with Crippen LogP contribution in [0, 0.1) is 0 Å². The van der Waals surface area contributed by atoms with E-state index in [9.17, 15) is 5.11 Å². The lowest BCUT2D eigenvalue weighted by atomic mass is 10.2. The minimum Gasteiger partial charge on any atom is -0.495 e. The summed E-state index contributed by atoms with van der Waals surface area (Å²) in [7, 11) is 0. The second kappa shape index (κ2) is 5.94. The third-order valence-electron chi connectivity index (χ3n) is 2.50. The Balaban J connectivity index is 1.87. The Bertz CT molecular complexity index is 403. The summed E-state index contributed by atoms with van der Waals surface area (Å²) in [6.07, 6.45) is 3.15. The van der Waals surface area contributed by atoms with Gasteiger partial charge in [-0.3, -0.25) is 0 Å². The highest BCUT2D eigenvalue weighted by atomic mass is 35.5. The Morgan fingerprint density at radius 3 is 3.06 bits per heavy atom. The van der Waals surface area contributed by atoms with E-state index in [1.165, 1.54) is 0 Å². The van der Waals surface area contributed by atoms with Crippen molar-refractivity contribution in [3.63, 3.8) is 0 Å². The summed E-state index contributed by atoms with van der Waals surface area (Å²) in [6.45, 7) is 0.840. The topological polar surface area (TPSA) is 38.7 Å². The maximum atomic E-state index is 9.85. The first kappa shape index (κ1) is 12.3. The maximum Gasteiger partial charge on any atom is 0.144 e. The number of rotatable bonds is 4. The molecule has 1 aromatic rings. The van der Waals surface area contributed by atoms with Crippen LogP contribution in [-0.4, -0.2) is 24.4 Å². The lowest BCUT2D eigenvalue weighted by Crippen LogP contribution is -2.23. The Morgan fingerprint density at radius 1 is 1.47 bits per heavy atom. The van der Waals surface area contributed by atoms with Gasteiger partial charge in [-0.15, -0.1) is 0 Å². The number of halogens is 1. The summed E-state index contributed by atoms with van der Waals surface area (Å²) in [5.74, 6) is 1.26. The fraction of sp³-hybridized carbons (Fsp3) is 0.385. The number of hydrogen-bond donors (Lipinski definition) is 1.